The van der Waals surface area contributed by atoms with Gasteiger partial charge in [0.25, 0.3) is 5.91 Å². The Morgan fingerprint density at radius 3 is 2.21 bits per heavy atom. The number of ether oxygens (including phenoxy) is 3. The van der Waals surface area contributed by atoms with E-state index >= 15 is 0 Å². The van der Waals surface area contributed by atoms with Crippen LogP contribution in [0.1, 0.15) is 22.7 Å². The van der Waals surface area contributed by atoms with Gasteiger partial charge in [-0.05, 0) is 42.3 Å². The molecule has 0 spiro atoms. The van der Waals surface area contributed by atoms with Gasteiger partial charge in [0.1, 0.15) is 17.2 Å². The maximum Gasteiger partial charge on any atom is 0.295 e. The van der Waals surface area contributed by atoms with Crippen LogP contribution in [0.15, 0.2) is 42.0 Å². The molecule has 1 saturated heterocycles. The Bertz CT molecular complexity index is 1090. The number of rotatable bonds is 8. The van der Waals surface area contributed by atoms with E-state index in [9.17, 15) is 14.7 Å². The van der Waals surface area contributed by atoms with E-state index in [2.05, 4.69) is 0 Å². The van der Waals surface area contributed by atoms with Crippen molar-refractivity contribution in [2.24, 2.45) is 0 Å². The summed E-state index contributed by atoms with van der Waals surface area (Å²) in [5, 5.41) is 13.7. The van der Waals surface area contributed by atoms with Crippen molar-refractivity contribution in [1.29, 1.82) is 0 Å². The Kier molecular flexibility index (Phi) is 7.28. The van der Waals surface area contributed by atoms with Gasteiger partial charge in [0, 0.05) is 17.2 Å². The number of Topliss-reactive ketones (excluding diaryl/α,β-unsaturated/α-hetero) is 1. The van der Waals surface area contributed by atoms with Gasteiger partial charge in [-0.25, -0.2) is 0 Å². The Morgan fingerprint density at radius 1 is 1.00 bits per heavy atom. The van der Waals surface area contributed by atoms with Gasteiger partial charge in [-0.2, -0.15) is 0 Å². The zero-order valence-corrected chi connectivity index (χ0v) is 19.9. The van der Waals surface area contributed by atoms with E-state index in [4.69, 9.17) is 14.2 Å². The molecule has 1 aliphatic rings. The summed E-state index contributed by atoms with van der Waals surface area (Å²) in [6.07, 6.45) is 0. The molecule has 8 heteroatoms. The molecule has 1 unspecified atom stereocenters. The Hall–Kier alpha value is -3.52. The zero-order chi connectivity index (χ0) is 24.3. The molecule has 1 N–H and O–H groups in total. The molecule has 2 aromatic carbocycles. The number of quaternary nitrogens is 1. The van der Waals surface area contributed by atoms with Gasteiger partial charge < -0.3 is 29.1 Å². The number of nitrogens with zero attached hydrogens (tertiary/aromatic N) is 1. The van der Waals surface area contributed by atoms with Crippen molar-refractivity contribution in [3.63, 3.8) is 0 Å². The van der Waals surface area contributed by atoms with Gasteiger partial charge >= 0.3 is 0 Å². The standard InChI is InChI=1S/C25H30N2O6/c1-15-13-16(31-4)7-9-18(15)23(28)21-22(19-10-8-17(32-5)14-20(19)33-6)27(12-11-26(2)3)25(30)24(21)29/h7-10,13-14,22,28H,11-12H2,1-6H3. The first kappa shape index (κ1) is 24.1. The summed E-state index contributed by atoms with van der Waals surface area (Å²) in [7, 11) is 8.50. The number of methoxy groups -OCH3 is 3. The van der Waals surface area contributed by atoms with Crippen LogP contribution in [0.5, 0.6) is 17.2 Å². The number of hydrogen-bond donors (Lipinski definition) is 1. The second kappa shape index (κ2) is 9.95. The molecule has 0 aliphatic carbocycles. The highest BCUT2D eigenvalue weighted by Gasteiger charge is 2.45. The highest BCUT2D eigenvalue weighted by atomic mass is 16.5. The summed E-state index contributed by atoms with van der Waals surface area (Å²) in [6.45, 7) is 2.69. The number of benzene rings is 2. The van der Waals surface area contributed by atoms with Gasteiger partial charge in [-0.1, -0.05) is 11.8 Å². The molecule has 0 aromatic heterocycles. The lowest BCUT2D eigenvalue weighted by Crippen LogP contribution is -3.06. The van der Waals surface area contributed by atoms with Crippen molar-refractivity contribution in [3.8, 4) is 17.2 Å². The first-order valence-electron chi connectivity index (χ1n) is 10.7. The molecular weight excluding hydrogens is 424 g/mol. The summed E-state index contributed by atoms with van der Waals surface area (Å²) >= 11 is 0. The number of likely N-dealkylation sites (tertiary alicyclic amines) is 1. The third-order valence-electron chi connectivity index (χ3n) is 5.80. The number of carbonyl (C=O) groups is 2. The van der Waals surface area contributed by atoms with Gasteiger partial charge in [0.15, 0.2) is 0 Å². The molecule has 0 radical (unpaired) electrons. The second-order valence-corrected chi connectivity index (χ2v) is 8.22. The SMILES string of the molecule is COc1ccc(C([O-])=C2C(=O)C(=O)N(CC[NH+](C)C)C2c2ccc(OC)cc2OC)c(C)c1. The maximum atomic E-state index is 13.7. The van der Waals surface area contributed by atoms with Crippen LogP contribution in [0, 0.1) is 6.92 Å². The van der Waals surface area contributed by atoms with Crippen molar-refractivity contribution in [2.75, 3.05) is 48.5 Å². The molecule has 176 valence electrons. The number of amides is 1. The smallest absolute Gasteiger partial charge is 0.295 e. The molecular formula is C25H30N2O6. The molecule has 1 amide bonds. The van der Waals surface area contributed by atoms with E-state index in [-0.39, 0.29) is 5.57 Å². The minimum Gasteiger partial charge on any atom is -0.872 e. The number of likely N-dealkylation sites (N-methyl/N-ethyl adjacent to an activating group) is 1. The normalized spacial score (nSPS) is 17.5. The van der Waals surface area contributed by atoms with Crippen LogP contribution in [0.25, 0.3) is 5.76 Å². The third-order valence-corrected chi connectivity index (χ3v) is 5.80. The number of hydrogen-bond acceptors (Lipinski definition) is 6. The molecule has 2 aromatic rings. The van der Waals surface area contributed by atoms with E-state index in [1.54, 1.807) is 50.4 Å². The van der Waals surface area contributed by atoms with E-state index in [0.717, 1.165) is 4.90 Å². The molecule has 1 heterocycles. The first-order valence-corrected chi connectivity index (χ1v) is 10.7. The van der Waals surface area contributed by atoms with Crippen molar-refractivity contribution < 1.29 is 33.8 Å². The number of nitrogens with one attached hydrogen (secondary N) is 1. The Balaban J connectivity index is 2.23. The van der Waals surface area contributed by atoms with Crippen LogP contribution >= 0.6 is 0 Å². The van der Waals surface area contributed by atoms with E-state index in [1.165, 1.54) is 19.1 Å². The van der Waals surface area contributed by atoms with Crippen LogP contribution in [-0.2, 0) is 9.59 Å². The lowest BCUT2D eigenvalue weighted by atomic mass is 9.93. The molecule has 0 bridgehead atoms. The summed E-state index contributed by atoms with van der Waals surface area (Å²) in [5.41, 5.74) is 1.49. The predicted octanol–water partition coefficient (Wildman–Crippen LogP) is 0.389. The fourth-order valence-electron chi connectivity index (χ4n) is 3.98. The molecule has 1 fully saturated rings. The van der Waals surface area contributed by atoms with Gasteiger partial charge in [-0.3, -0.25) is 9.59 Å². The summed E-state index contributed by atoms with van der Waals surface area (Å²) in [4.78, 5) is 28.8. The van der Waals surface area contributed by atoms with Gasteiger partial charge in [-0.15, -0.1) is 0 Å². The molecule has 1 atom stereocenters. The lowest BCUT2D eigenvalue weighted by molar-refractivity contribution is -0.857. The fourth-order valence-corrected chi connectivity index (χ4v) is 3.98. The number of ketones is 1. The minimum atomic E-state index is -0.862. The van der Waals surface area contributed by atoms with E-state index in [0.29, 0.717) is 47.0 Å². The molecule has 1 aliphatic heterocycles. The van der Waals surface area contributed by atoms with Gasteiger partial charge in [0.05, 0.1) is 54.6 Å². The first-order chi connectivity index (χ1) is 15.7. The van der Waals surface area contributed by atoms with Crippen molar-refractivity contribution in [3.05, 3.63) is 58.7 Å². The van der Waals surface area contributed by atoms with Crippen LogP contribution in [-0.4, -0.2) is 65.1 Å². The molecule has 3 rings (SSSR count). The van der Waals surface area contributed by atoms with Crippen molar-refractivity contribution >= 4 is 17.4 Å². The fraction of sp³-hybridized carbons (Fsp3) is 0.360. The van der Waals surface area contributed by atoms with Gasteiger partial charge in [0.2, 0.25) is 5.78 Å². The highest BCUT2D eigenvalue weighted by molar-refractivity contribution is 6.46. The van der Waals surface area contributed by atoms with Crippen LogP contribution < -0.4 is 24.2 Å². The zero-order valence-electron chi connectivity index (χ0n) is 19.9. The van der Waals surface area contributed by atoms with E-state index in [1.807, 2.05) is 14.1 Å². The Labute approximate surface area is 194 Å². The average molecular weight is 455 g/mol. The number of carbonyl (C=O) groups excluding carboxylic acids is 2. The van der Waals surface area contributed by atoms with Crippen LogP contribution in [0.2, 0.25) is 0 Å². The Morgan fingerprint density at radius 2 is 1.64 bits per heavy atom. The average Bonchev–Trinajstić information content (AvgIpc) is 3.06. The highest BCUT2D eigenvalue weighted by Crippen LogP contribution is 2.43. The monoisotopic (exact) mass is 454 g/mol. The van der Waals surface area contributed by atoms with E-state index < -0.39 is 23.5 Å². The molecule has 0 saturated carbocycles. The molecule has 8 nitrogen and oxygen atoms in total. The largest absolute Gasteiger partial charge is 0.872 e. The lowest BCUT2D eigenvalue weighted by Gasteiger charge is -2.29. The summed E-state index contributed by atoms with van der Waals surface area (Å²) in [6, 6.07) is 9.29. The summed E-state index contributed by atoms with van der Waals surface area (Å²) < 4.78 is 16.1. The minimum absolute atomic E-state index is 0.0783. The summed E-state index contributed by atoms with van der Waals surface area (Å²) in [5.74, 6) is -0.349. The predicted molar refractivity (Wildman–Crippen MR) is 121 cm³/mol. The third kappa shape index (κ3) is 4.66. The van der Waals surface area contributed by atoms with Crippen molar-refractivity contribution in [1.82, 2.24) is 4.90 Å². The quantitative estimate of drug-likeness (QED) is 0.353. The molecule has 33 heavy (non-hydrogen) atoms. The maximum absolute atomic E-state index is 13.7. The van der Waals surface area contributed by atoms with Crippen LogP contribution in [0.4, 0.5) is 0 Å². The van der Waals surface area contributed by atoms with Crippen LogP contribution in [0.3, 0.4) is 0 Å². The number of aryl methyl sites for hydroxylation is 1. The second-order valence-electron chi connectivity index (χ2n) is 8.22. The van der Waals surface area contributed by atoms with Crippen molar-refractivity contribution in [2.45, 2.75) is 13.0 Å². The topological polar surface area (TPSA) is 92.6 Å².